The number of nitrogens with one attached hydrogen (secondary N) is 1. The van der Waals surface area contributed by atoms with Crippen LogP contribution in [0, 0.1) is 40.3 Å². The third-order valence-corrected chi connectivity index (χ3v) is 9.49. The molecular formula is C32H41FN6O2. The molecule has 1 aromatic heterocycles. The van der Waals surface area contributed by atoms with Crippen molar-refractivity contribution in [1.29, 1.82) is 5.26 Å². The Bertz CT molecular complexity index is 1560. The second-order valence-electron chi connectivity index (χ2n) is 12.1. The number of aliphatic imine (C=N–C) groups is 1. The maximum absolute atomic E-state index is 14.4. The highest BCUT2D eigenvalue weighted by Gasteiger charge is 2.56. The molecule has 2 aromatic carbocycles. The number of aryl methyl sites for hydroxylation is 2. The van der Waals surface area contributed by atoms with Gasteiger partial charge < -0.3 is 15.0 Å². The van der Waals surface area contributed by atoms with Gasteiger partial charge in [-0.3, -0.25) is 9.36 Å². The van der Waals surface area contributed by atoms with Gasteiger partial charge in [0.25, 0.3) is 5.56 Å². The summed E-state index contributed by atoms with van der Waals surface area (Å²) in [5, 5.41) is 13.1. The molecule has 0 aliphatic heterocycles. The summed E-state index contributed by atoms with van der Waals surface area (Å²) in [6, 6.07) is 12.7. The molecule has 1 heterocycles. The Morgan fingerprint density at radius 1 is 1.32 bits per heavy atom. The first kappa shape index (κ1) is 28.6. The molecule has 8 nitrogen and oxygen atoms in total. The van der Waals surface area contributed by atoms with Crippen LogP contribution in [0.25, 0.3) is 10.9 Å². The number of nitriles is 1. The summed E-state index contributed by atoms with van der Waals surface area (Å²) in [6.07, 6.45) is 4.63. The molecule has 3 aliphatic carbocycles. The number of halogens is 1. The van der Waals surface area contributed by atoms with Crippen LogP contribution in [-0.4, -0.2) is 47.2 Å². The summed E-state index contributed by atoms with van der Waals surface area (Å²) in [5.41, 5.74) is 2.07. The molecule has 0 amide bonds. The van der Waals surface area contributed by atoms with Crippen molar-refractivity contribution in [3.8, 4) is 11.8 Å². The van der Waals surface area contributed by atoms with Crippen LogP contribution in [-0.2, 0) is 13.0 Å². The molecule has 218 valence electrons. The molecule has 0 radical (unpaired) electrons. The van der Waals surface area contributed by atoms with Crippen molar-refractivity contribution in [3.05, 3.63) is 64.5 Å². The lowest BCUT2D eigenvalue weighted by Gasteiger charge is -2.61. The number of fused-ring (bicyclic) bond motifs is 3. The number of benzene rings is 2. The Kier molecular flexibility index (Phi) is 8.03. The fourth-order valence-electron chi connectivity index (χ4n) is 6.62. The summed E-state index contributed by atoms with van der Waals surface area (Å²) < 4.78 is 21.0. The molecule has 3 saturated carbocycles. The lowest BCUT2D eigenvalue weighted by atomic mass is 9.45. The minimum absolute atomic E-state index is 0. The van der Waals surface area contributed by atoms with E-state index in [0.29, 0.717) is 71.3 Å². The molecule has 2 bridgehead atoms. The van der Waals surface area contributed by atoms with Gasteiger partial charge >= 0.3 is 0 Å². The van der Waals surface area contributed by atoms with Crippen molar-refractivity contribution in [2.45, 2.75) is 59.0 Å². The Hall–Kier alpha value is -3.93. The van der Waals surface area contributed by atoms with Crippen molar-refractivity contribution < 1.29 is 10.6 Å². The average Bonchev–Trinajstić information content (AvgIpc) is 2.96. The van der Waals surface area contributed by atoms with Crippen molar-refractivity contribution in [2.24, 2.45) is 28.2 Å². The van der Waals surface area contributed by atoms with Crippen molar-refractivity contribution in [3.63, 3.8) is 0 Å². The van der Waals surface area contributed by atoms with Gasteiger partial charge in [0.15, 0.2) is 5.96 Å². The maximum atomic E-state index is 14.4. The summed E-state index contributed by atoms with van der Waals surface area (Å²) >= 11 is 0. The molecule has 4 unspecified atom stereocenters. The molecule has 3 fully saturated rings. The number of nitrogens with zero attached hydrogens (tertiary/aromatic N) is 5. The molecule has 1 N–H and O–H groups in total. The highest BCUT2D eigenvalue weighted by Crippen LogP contribution is 2.61. The highest BCUT2D eigenvalue weighted by atomic mass is 19.1. The zero-order valence-corrected chi connectivity index (χ0v) is 24.5. The Morgan fingerprint density at radius 3 is 2.80 bits per heavy atom. The fraction of sp³-hybridized carbons (Fsp3) is 0.500. The van der Waals surface area contributed by atoms with E-state index in [2.05, 4.69) is 37.1 Å². The van der Waals surface area contributed by atoms with Gasteiger partial charge in [0.05, 0.1) is 42.9 Å². The zero-order valence-electron chi connectivity index (χ0n) is 24.5. The second-order valence-corrected chi connectivity index (χ2v) is 12.1. The van der Waals surface area contributed by atoms with E-state index in [1.54, 1.807) is 18.2 Å². The first-order chi connectivity index (χ1) is 19.6. The Labute approximate surface area is 242 Å². The maximum Gasteiger partial charge on any atom is 0.261 e. The standard InChI is InChI=1S/C32H39FN6O2.H2/c1-20-26-15-22(32(26,2)3)16-28(20)37-31(38(4)13-6-12-34)36-23-8-10-25-29(17-23)35-19-39(30(25)40)14-11-21-7-9-24(41-5)18-27(21)33;/h7-10,17-20,22,26,28H,6,11,13-16H2,1-5H3,(H,36,37);1H. The van der Waals surface area contributed by atoms with E-state index in [0.717, 1.165) is 18.1 Å². The van der Waals surface area contributed by atoms with Crippen LogP contribution < -0.4 is 15.6 Å². The number of hydrogen-bond acceptors (Lipinski definition) is 5. The molecule has 0 spiro atoms. The van der Waals surface area contributed by atoms with Crippen LogP contribution in [0.15, 0.2) is 52.5 Å². The van der Waals surface area contributed by atoms with E-state index in [4.69, 9.17) is 15.0 Å². The van der Waals surface area contributed by atoms with Crippen LogP contribution in [0.2, 0.25) is 0 Å². The lowest BCUT2D eigenvalue weighted by molar-refractivity contribution is -0.108. The first-order valence-electron chi connectivity index (χ1n) is 14.4. The van der Waals surface area contributed by atoms with Crippen LogP contribution in [0.3, 0.4) is 0 Å². The molecule has 0 saturated heterocycles. The first-order valence-corrected chi connectivity index (χ1v) is 14.4. The van der Waals surface area contributed by atoms with E-state index in [1.807, 2.05) is 24.1 Å². The number of ether oxygens (including phenoxy) is 1. The van der Waals surface area contributed by atoms with Gasteiger partial charge in [-0.25, -0.2) is 14.4 Å². The van der Waals surface area contributed by atoms with Crippen molar-refractivity contribution in [2.75, 3.05) is 26.0 Å². The number of guanidine groups is 1. The average molecular weight is 561 g/mol. The fourth-order valence-corrected chi connectivity index (χ4v) is 6.62. The van der Waals surface area contributed by atoms with Crippen LogP contribution >= 0.6 is 0 Å². The van der Waals surface area contributed by atoms with Gasteiger partial charge in [0.2, 0.25) is 0 Å². The third kappa shape index (κ3) is 5.65. The van der Waals surface area contributed by atoms with Gasteiger partial charge in [0, 0.05) is 33.3 Å². The number of hydrogen-bond donors (Lipinski definition) is 1. The van der Waals surface area contributed by atoms with E-state index < -0.39 is 0 Å². The summed E-state index contributed by atoms with van der Waals surface area (Å²) in [5.74, 6) is 2.68. The van der Waals surface area contributed by atoms with Crippen molar-refractivity contribution in [1.82, 2.24) is 14.5 Å². The number of aromatic nitrogens is 2. The quantitative estimate of drug-likeness (QED) is 0.280. The molecular weight excluding hydrogens is 519 g/mol. The summed E-state index contributed by atoms with van der Waals surface area (Å²) in [6.45, 7) is 7.95. The zero-order chi connectivity index (χ0) is 29.3. The lowest BCUT2D eigenvalue weighted by Crippen LogP contribution is -2.56. The molecule has 4 atom stereocenters. The van der Waals surface area contributed by atoms with Crippen molar-refractivity contribution >= 4 is 22.5 Å². The van der Waals surface area contributed by atoms with Gasteiger partial charge in [-0.15, -0.1) is 0 Å². The predicted octanol–water partition coefficient (Wildman–Crippen LogP) is 5.72. The van der Waals surface area contributed by atoms with Gasteiger partial charge in [-0.05, 0) is 72.3 Å². The van der Waals surface area contributed by atoms with E-state index in [1.165, 1.54) is 30.5 Å². The highest BCUT2D eigenvalue weighted by molar-refractivity contribution is 5.95. The van der Waals surface area contributed by atoms with Crippen LogP contribution in [0.1, 0.15) is 47.0 Å². The van der Waals surface area contributed by atoms with E-state index in [9.17, 15) is 9.18 Å². The predicted molar refractivity (Wildman–Crippen MR) is 162 cm³/mol. The topological polar surface area (TPSA) is 95.5 Å². The summed E-state index contributed by atoms with van der Waals surface area (Å²) in [4.78, 5) is 24.9. The van der Waals surface area contributed by atoms with Crippen LogP contribution in [0.5, 0.6) is 5.75 Å². The van der Waals surface area contributed by atoms with E-state index in [-0.39, 0.29) is 18.8 Å². The largest absolute Gasteiger partial charge is 0.497 e. The molecule has 3 aromatic rings. The molecule has 41 heavy (non-hydrogen) atoms. The Balaban J connectivity index is 0.00000405. The third-order valence-electron chi connectivity index (χ3n) is 9.49. The van der Waals surface area contributed by atoms with Gasteiger partial charge in [0.1, 0.15) is 11.6 Å². The van der Waals surface area contributed by atoms with E-state index >= 15 is 0 Å². The summed E-state index contributed by atoms with van der Waals surface area (Å²) in [7, 11) is 3.45. The molecule has 3 aliphatic rings. The molecule has 6 rings (SSSR count). The molecule has 9 heteroatoms. The smallest absolute Gasteiger partial charge is 0.261 e. The SMILES string of the molecule is COc1ccc(CCn2cnc3cc(NC(=NC4CC5CC(C4C)C5(C)C)N(C)CCC#N)ccc3c2=O)c(F)c1.[HH]. The number of methoxy groups -OCH3 is 1. The Morgan fingerprint density at radius 2 is 2.12 bits per heavy atom. The minimum Gasteiger partial charge on any atom is -0.497 e. The van der Waals surface area contributed by atoms with Crippen LogP contribution in [0.4, 0.5) is 10.1 Å². The normalized spacial score (nSPS) is 23.0. The monoisotopic (exact) mass is 560 g/mol. The van der Waals surface area contributed by atoms with Gasteiger partial charge in [-0.1, -0.05) is 26.8 Å². The minimum atomic E-state index is -0.359. The number of rotatable bonds is 8. The van der Waals surface area contributed by atoms with Gasteiger partial charge in [-0.2, -0.15) is 5.26 Å². The number of anilines is 1. The second kappa shape index (κ2) is 11.5.